The van der Waals surface area contributed by atoms with E-state index in [4.69, 9.17) is 0 Å². The molecule has 0 bridgehead atoms. The molecule has 0 fully saturated rings. The molecular weight excluding hydrogens is 170 g/mol. The first kappa shape index (κ1) is 9.26. The SMILES string of the molecule is CC(C)Sc1cccnc1C=O. The lowest BCUT2D eigenvalue weighted by Gasteiger charge is -2.05. The lowest BCUT2D eigenvalue weighted by atomic mass is 10.4. The Balaban J connectivity index is 2.89. The minimum atomic E-state index is 0.480. The summed E-state index contributed by atoms with van der Waals surface area (Å²) in [5.41, 5.74) is 0.538. The number of carbonyl (C=O) groups is 1. The van der Waals surface area contributed by atoms with Gasteiger partial charge in [0.25, 0.3) is 0 Å². The number of rotatable bonds is 3. The van der Waals surface area contributed by atoms with Crippen LogP contribution in [0.25, 0.3) is 0 Å². The van der Waals surface area contributed by atoms with E-state index in [0.29, 0.717) is 10.9 Å². The van der Waals surface area contributed by atoms with Crippen molar-refractivity contribution < 1.29 is 4.79 Å². The Morgan fingerprint density at radius 2 is 2.33 bits per heavy atom. The Labute approximate surface area is 76.4 Å². The highest BCUT2D eigenvalue weighted by Crippen LogP contribution is 2.23. The van der Waals surface area contributed by atoms with Crippen LogP contribution in [0, 0.1) is 0 Å². The Morgan fingerprint density at radius 3 is 2.92 bits per heavy atom. The average Bonchev–Trinajstić information content (AvgIpc) is 2.04. The van der Waals surface area contributed by atoms with Crippen molar-refractivity contribution >= 4 is 18.0 Å². The Hall–Kier alpha value is -0.830. The Morgan fingerprint density at radius 1 is 1.58 bits per heavy atom. The number of thioether (sulfide) groups is 1. The fourth-order valence-corrected chi connectivity index (χ4v) is 1.73. The van der Waals surface area contributed by atoms with Crippen LogP contribution in [0.4, 0.5) is 0 Å². The van der Waals surface area contributed by atoms with Crippen LogP contribution >= 0.6 is 11.8 Å². The maximum absolute atomic E-state index is 10.5. The predicted octanol–water partition coefficient (Wildman–Crippen LogP) is 2.39. The zero-order chi connectivity index (χ0) is 8.97. The number of carbonyl (C=O) groups excluding carboxylic acids is 1. The third kappa shape index (κ3) is 2.34. The summed E-state index contributed by atoms with van der Waals surface area (Å²) in [5.74, 6) is 0. The van der Waals surface area contributed by atoms with E-state index in [0.717, 1.165) is 11.2 Å². The Bertz CT molecular complexity index is 273. The molecular formula is C9H11NOS. The number of hydrogen-bond donors (Lipinski definition) is 0. The first-order valence-corrected chi connectivity index (χ1v) is 4.69. The van der Waals surface area contributed by atoms with Gasteiger partial charge in [0, 0.05) is 16.3 Å². The number of nitrogens with zero attached hydrogens (tertiary/aromatic N) is 1. The molecule has 64 valence electrons. The van der Waals surface area contributed by atoms with Crippen LogP contribution in [0.15, 0.2) is 23.2 Å². The van der Waals surface area contributed by atoms with Gasteiger partial charge in [-0.2, -0.15) is 0 Å². The second-order valence-corrected chi connectivity index (χ2v) is 4.29. The van der Waals surface area contributed by atoms with Gasteiger partial charge >= 0.3 is 0 Å². The van der Waals surface area contributed by atoms with Gasteiger partial charge in [0.2, 0.25) is 0 Å². The molecule has 0 unspecified atom stereocenters. The molecule has 1 aromatic heterocycles. The maximum Gasteiger partial charge on any atom is 0.169 e. The lowest BCUT2D eigenvalue weighted by Crippen LogP contribution is -1.93. The molecule has 0 N–H and O–H groups in total. The highest BCUT2D eigenvalue weighted by molar-refractivity contribution is 8.00. The van der Waals surface area contributed by atoms with E-state index >= 15 is 0 Å². The number of aldehydes is 1. The van der Waals surface area contributed by atoms with Crippen LogP contribution in [0.5, 0.6) is 0 Å². The third-order valence-corrected chi connectivity index (χ3v) is 2.34. The van der Waals surface area contributed by atoms with Crippen LogP contribution in [-0.2, 0) is 0 Å². The first-order chi connectivity index (χ1) is 5.74. The highest BCUT2D eigenvalue weighted by atomic mass is 32.2. The fraction of sp³-hybridized carbons (Fsp3) is 0.333. The monoisotopic (exact) mass is 181 g/mol. The topological polar surface area (TPSA) is 30.0 Å². The molecule has 0 saturated carbocycles. The van der Waals surface area contributed by atoms with Gasteiger partial charge in [-0.1, -0.05) is 13.8 Å². The second kappa shape index (κ2) is 4.26. The zero-order valence-electron chi connectivity index (χ0n) is 7.15. The van der Waals surface area contributed by atoms with E-state index < -0.39 is 0 Å². The van der Waals surface area contributed by atoms with Crippen molar-refractivity contribution in [1.82, 2.24) is 4.98 Å². The number of aromatic nitrogens is 1. The molecule has 0 aliphatic rings. The van der Waals surface area contributed by atoms with Crippen molar-refractivity contribution in [1.29, 1.82) is 0 Å². The summed E-state index contributed by atoms with van der Waals surface area (Å²) in [5, 5.41) is 0.480. The van der Waals surface area contributed by atoms with Gasteiger partial charge in [-0.15, -0.1) is 11.8 Å². The molecule has 12 heavy (non-hydrogen) atoms. The van der Waals surface area contributed by atoms with E-state index in [-0.39, 0.29) is 0 Å². The van der Waals surface area contributed by atoms with E-state index in [1.54, 1.807) is 18.0 Å². The first-order valence-electron chi connectivity index (χ1n) is 3.81. The normalized spacial score (nSPS) is 10.2. The molecule has 0 amide bonds. The van der Waals surface area contributed by atoms with Gasteiger partial charge < -0.3 is 0 Å². The molecule has 2 nitrogen and oxygen atoms in total. The molecule has 0 atom stereocenters. The summed E-state index contributed by atoms with van der Waals surface area (Å²) in [6, 6.07) is 3.76. The molecule has 0 aliphatic carbocycles. The molecule has 1 heterocycles. The van der Waals surface area contributed by atoms with Gasteiger partial charge in [0.05, 0.1) is 0 Å². The minimum absolute atomic E-state index is 0.480. The van der Waals surface area contributed by atoms with Crippen LogP contribution < -0.4 is 0 Å². The van der Waals surface area contributed by atoms with Crippen LogP contribution in [-0.4, -0.2) is 16.5 Å². The molecule has 0 aliphatic heterocycles. The summed E-state index contributed by atoms with van der Waals surface area (Å²) in [7, 11) is 0. The largest absolute Gasteiger partial charge is 0.296 e. The van der Waals surface area contributed by atoms with E-state index in [1.807, 2.05) is 12.1 Å². The second-order valence-electron chi connectivity index (χ2n) is 2.67. The molecule has 0 radical (unpaired) electrons. The predicted molar refractivity (Wildman–Crippen MR) is 50.6 cm³/mol. The Kier molecular flexibility index (Phi) is 3.29. The summed E-state index contributed by atoms with van der Waals surface area (Å²) >= 11 is 1.66. The molecule has 1 rings (SSSR count). The summed E-state index contributed by atoms with van der Waals surface area (Å²) in [6.45, 7) is 4.18. The van der Waals surface area contributed by atoms with Crippen LogP contribution in [0.2, 0.25) is 0 Å². The van der Waals surface area contributed by atoms with Crippen molar-refractivity contribution in [2.24, 2.45) is 0 Å². The maximum atomic E-state index is 10.5. The number of pyridine rings is 1. The molecule has 0 saturated heterocycles. The summed E-state index contributed by atoms with van der Waals surface area (Å²) < 4.78 is 0. The fourth-order valence-electron chi connectivity index (χ4n) is 0.845. The number of hydrogen-bond acceptors (Lipinski definition) is 3. The standard InChI is InChI=1S/C9H11NOS/c1-7(2)12-9-4-3-5-10-8(9)6-11/h3-7H,1-2H3. The van der Waals surface area contributed by atoms with Crippen molar-refractivity contribution in [3.8, 4) is 0 Å². The van der Waals surface area contributed by atoms with Crippen molar-refractivity contribution in [2.45, 2.75) is 24.0 Å². The van der Waals surface area contributed by atoms with Crippen molar-refractivity contribution in [2.75, 3.05) is 0 Å². The minimum Gasteiger partial charge on any atom is -0.296 e. The van der Waals surface area contributed by atoms with Gasteiger partial charge in [-0.05, 0) is 12.1 Å². The van der Waals surface area contributed by atoms with Crippen LogP contribution in [0.1, 0.15) is 24.3 Å². The van der Waals surface area contributed by atoms with Crippen LogP contribution in [0.3, 0.4) is 0 Å². The van der Waals surface area contributed by atoms with E-state index in [1.165, 1.54) is 0 Å². The quantitative estimate of drug-likeness (QED) is 0.529. The molecule has 0 aromatic carbocycles. The zero-order valence-corrected chi connectivity index (χ0v) is 7.97. The summed E-state index contributed by atoms with van der Waals surface area (Å²) in [6.07, 6.45) is 2.43. The smallest absolute Gasteiger partial charge is 0.169 e. The molecule has 0 spiro atoms. The third-order valence-electron chi connectivity index (χ3n) is 1.27. The van der Waals surface area contributed by atoms with Crippen molar-refractivity contribution in [3.63, 3.8) is 0 Å². The van der Waals surface area contributed by atoms with Crippen molar-refractivity contribution in [3.05, 3.63) is 24.0 Å². The van der Waals surface area contributed by atoms with E-state index in [9.17, 15) is 4.79 Å². The average molecular weight is 181 g/mol. The van der Waals surface area contributed by atoms with Gasteiger partial charge in [-0.3, -0.25) is 9.78 Å². The highest BCUT2D eigenvalue weighted by Gasteiger charge is 2.03. The van der Waals surface area contributed by atoms with Gasteiger partial charge in [-0.25, -0.2) is 0 Å². The lowest BCUT2D eigenvalue weighted by molar-refractivity contribution is 0.111. The van der Waals surface area contributed by atoms with E-state index in [2.05, 4.69) is 18.8 Å². The van der Waals surface area contributed by atoms with Gasteiger partial charge in [0.1, 0.15) is 5.69 Å². The van der Waals surface area contributed by atoms with Gasteiger partial charge in [0.15, 0.2) is 6.29 Å². The summed E-state index contributed by atoms with van der Waals surface area (Å²) in [4.78, 5) is 15.5. The molecule has 1 aromatic rings. The molecule has 3 heteroatoms.